The summed E-state index contributed by atoms with van der Waals surface area (Å²) in [6.45, 7) is 0.134. The fourth-order valence-corrected chi connectivity index (χ4v) is 9.95. The third-order valence-corrected chi connectivity index (χ3v) is 13.9. The molecule has 0 bridgehead atoms. The Labute approximate surface area is 369 Å². The number of hydrogen-bond acceptors (Lipinski definition) is 19. The molecule has 344 valence electrons. The summed E-state index contributed by atoms with van der Waals surface area (Å²) in [4.78, 5) is 100. The zero-order valence-corrected chi connectivity index (χ0v) is 38.1. The van der Waals surface area contributed by atoms with Crippen LogP contribution in [0.15, 0.2) is 36.9 Å². The fraction of sp³-hybridized carbons (Fsp3) is 0.516. The number of nitrogens with zero attached hydrogens (tertiary/aromatic N) is 4. The van der Waals surface area contributed by atoms with Crippen molar-refractivity contribution in [3.63, 3.8) is 0 Å². The predicted octanol–water partition coefficient (Wildman–Crippen LogP) is 0.469. The van der Waals surface area contributed by atoms with Crippen molar-refractivity contribution in [2.45, 2.75) is 62.6 Å². The molecule has 3 unspecified atom stereocenters. The van der Waals surface area contributed by atoms with Crippen LogP contribution in [0.1, 0.15) is 43.3 Å². The number of nitrogens with two attached hydrogens (primary N) is 1. The smallest absolute Gasteiger partial charge is 0.480 e. The van der Waals surface area contributed by atoms with Crippen LogP contribution in [-0.4, -0.2) is 140 Å². The number of Topliss-reactive ketones (excluding diaryl/α,β-unsaturated/α-hetero) is 1. The van der Waals surface area contributed by atoms with Crippen LogP contribution >= 0.6 is 57.8 Å². The lowest BCUT2D eigenvalue weighted by Crippen LogP contribution is -2.46. The van der Waals surface area contributed by atoms with Crippen molar-refractivity contribution in [3.8, 4) is 0 Å². The Balaban J connectivity index is 1.21. The number of carbonyl (C=O) groups is 4. The minimum atomic E-state index is -5.60. The third-order valence-electron chi connectivity index (χ3n) is 8.64. The Kier molecular flexibility index (Phi) is 18.1. The second-order valence-electron chi connectivity index (χ2n) is 13.9. The fourth-order valence-electron chi connectivity index (χ4n) is 5.51. The average molecular weight is 1070 g/mol. The molecule has 0 spiro atoms. The van der Waals surface area contributed by atoms with Gasteiger partial charge >= 0.3 is 29.4 Å². The van der Waals surface area contributed by atoms with Crippen molar-refractivity contribution < 1.29 is 90.4 Å². The number of imidazole rings is 1. The van der Waals surface area contributed by atoms with E-state index < -0.39 is 95.8 Å². The molecular formula is C31H43IN7O19P3S. The Morgan fingerprint density at radius 3 is 2.37 bits per heavy atom. The number of fused-ring (bicyclic) bond motifs is 1. The molecule has 0 saturated carbocycles. The van der Waals surface area contributed by atoms with Gasteiger partial charge in [0.15, 0.2) is 23.5 Å². The molecule has 1 saturated heterocycles. The molecule has 1 aliphatic heterocycles. The number of amides is 2. The molecule has 4 rings (SSSR count). The largest absolute Gasteiger partial charge is 0.481 e. The number of aliphatic hydroxyl groups excluding tert-OH is 2. The van der Waals surface area contributed by atoms with E-state index in [0.717, 1.165) is 29.0 Å². The van der Waals surface area contributed by atoms with Crippen molar-refractivity contribution >= 4 is 98.4 Å². The number of nitrogen functional groups attached to an aromatic ring is 1. The van der Waals surface area contributed by atoms with Gasteiger partial charge in [0, 0.05) is 46.2 Å². The number of aliphatic hydroxyl groups is 2. The molecule has 2 amide bonds. The SMILES string of the molecule is CC(C)(COP(=O)(O)OP(=O)(O)OC[C@H]1O[C@@H](n2cnc3c(N)ncnc32)[C@H](O)[C@@H]1OP(=O)(O)O)[C@@H](O)C(=O)NCCC(=O)NCCSC(CC(=O)c1ccccc1I)C(=O)O. The molecule has 2 aromatic heterocycles. The number of phosphoric acid groups is 3. The van der Waals surface area contributed by atoms with Gasteiger partial charge in [-0.2, -0.15) is 4.31 Å². The summed E-state index contributed by atoms with van der Waals surface area (Å²) >= 11 is 2.95. The number of aliphatic carboxylic acids is 1. The summed E-state index contributed by atoms with van der Waals surface area (Å²) in [7, 11) is -16.5. The first kappa shape index (κ1) is 51.6. The maximum Gasteiger partial charge on any atom is 0.481 e. The van der Waals surface area contributed by atoms with Crippen molar-refractivity contribution in [2.24, 2.45) is 5.41 Å². The van der Waals surface area contributed by atoms with Crippen LogP contribution in [-0.2, 0) is 50.7 Å². The van der Waals surface area contributed by atoms with Crippen LogP contribution in [0.4, 0.5) is 5.82 Å². The van der Waals surface area contributed by atoms with E-state index in [1.54, 1.807) is 24.3 Å². The first-order valence-corrected chi connectivity index (χ1v) is 24.5. The highest BCUT2D eigenvalue weighted by Gasteiger charge is 2.50. The first-order chi connectivity index (χ1) is 28.8. The molecule has 1 aromatic carbocycles. The quantitative estimate of drug-likeness (QED) is 0.0252. The van der Waals surface area contributed by atoms with Gasteiger partial charge in [-0.25, -0.2) is 28.6 Å². The molecule has 62 heavy (non-hydrogen) atoms. The van der Waals surface area contributed by atoms with Gasteiger partial charge in [-0.15, -0.1) is 11.8 Å². The molecular weight excluding hydrogens is 1030 g/mol. The molecule has 26 nitrogen and oxygen atoms in total. The number of phosphoric ester groups is 3. The van der Waals surface area contributed by atoms with Gasteiger partial charge in [-0.3, -0.25) is 37.3 Å². The molecule has 3 aromatic rings. The molecule has 31 heteroatoms. The lowest BCUT2D eigenvalue weighted by atomic mass is 9.87. The Morgan fingerprint density at radius 2 is 1.71 bits per heavy atom. The Morgan fingerprint density at radius 1 is 1.03 bits per heavy atom. The summed E-state index contributed by atoms with van der Waals surface area (Å²) in [6.07, 6.45) is -7.41. The molecule has 0 aliphatic carbocycles. The number of hydrogen-bond donors (Lipinski definition) is 10. The summed E-state index contributed by atoms with van der Waals surface area (Å²) in [5, 5.41) is 34.9. The van der Waals surface area contributed by atoms with E-state index in [4.69, 9.17) is 19.5 Å². The zero-order chi connectivity index (χ0) is 46.2. The molecule has 1 fully saturated rings. The van der Waals surface area contributed by atoms with Crippen molar-refractivity contribution in [1.29, 1.82) is 0 Å². The monoisotopic (exact) mass is 1070 g/mol. The van der Waals surface area contributed by atoms with E-state index in [9.17, 15) is 67.8 Å². The van der Waals surface area contributed by atoms with Gasteiger partial charge < -0.3 is 56.0 Å². The van der Waals surface area contributed by atoms with Crippen LogP contribution in [0.25, 0.3) is 11.2 Å². The van der Waals surface area contributed by atoms with E-state index in [2.05, 4.69) is 34.4 Å². The molecule has 8 atom stereocenters. The summed E-state index contributed by atoms with van der Waals surface area (Å²) in [5.74, 6) is -2.99. The zero-order valence-electron chi connectivity index (χ0n) is 32.4. The highest BCUT2D eigenvalue weighted by atomic mass is 127. The minimum Gasteiger partial charge on any atom is -0.480 e. The number of carboxylic acids is 1. The van der Waals surface area contributed by atoms with Crippen molar-refractivity contribution in [1.82, 2.24) is 30.2 Å². The molecule has 11 N–H and O–H groups in total. The number of carbonyl (C=O) groups excluding carboxylic acids is 3. The minimum absolute atomic E-state index is 0.0172. The number of ketones is 1. The van der Waals surface area contributed by atoms with Gasteiger partial charge in [0.25, 0.3) is 0 Å². The number of aromatic nitrogens is 4. The normalized spacial score (nSPS) is 21.1. The third kappa shape index (κ3) is 14.8. The number of nitrogens with one attached hydrogen (secondary N) is 2. The Bertz CT molecular complexity index is 2250. The van der Waals surface area contributed by atoms with Crippen LogP contribution in [0.5, 0.6) is 0 Å². The van der Waals surface area contributed by atoms with Crippen LogP contribution in [0.2, 0.25) is 0 Å². The van der Waals surface area contributed by atoms with Crippen LogP contribution in [0, 0.1) is 8.99 Å². The Hall–Kier alpha value is -3.02. The second-order valence-corrected chi connectivity index (χ2v) is 20.6. The maximum absolute atomic E-state index is 12.7. The number of benzene rings is 1. The second kappa shape index (κ2) is 21.8. The highest BCUT2D eigenvalue weighted by molar-refractivity contribution is 14.1. The summed E-state index contributed by atoms with van der Waals surface area (Å²) < 4.78 is 62.9. The molecule has 0 radical (unpaired) electrons. The molecule has 3 heterocycles. The van der Waals surface area contributed by atoms with Crippen molar-refractivity contribution in [2.75, 3.05) is 37.8 Å². The lowest BCUT2D eigenvalue weighted by molar-refractivity contribution is -0.137. The number of halogens is 1. The van der Waals surface area contributed by atoms with E-state index in [1.807, 2.05) is 22.6 Å². The molecule has 1 aliphatic rings. The number of carboxylic acid groups (broad SMARTS) is 1. The highest BCUT2D eigenvalue weighted by Crippen LogP contribution is 2.61. The van der Waals surface area contributed by atoms with Gasteiger partial charge in [-0.05, 0) is 28.7 Å². The predicted molar refractivity (Wildman–Crippen MR) is 222 cm³/mol. The van der Waals surface area contributed by atoms with Gasteiger partial charge in [0.05, 0.1) is 19.5 Å². The van der Waals surface area contributed by atoms with E-state index in [-0.39, 0.29) is 54.4 Å². The number of rotatable bonds is 24. The van der Waals surface area contributed by atoms with Gasteiger partial charge in [-0.1, -0.05) is 32.0 Å². The van der Waals surface area contributed by atoms with E-state index >= 15 is 0 Å². The van der Waals surface area contributed by atoms with E-state index in [0.29, 0.717) is 9.13 Å². The van der Waals surface area contributed by atoms with Crippen LogP contribution < -0.4 is 16.4 Å². The maximum atomic E-state index is 12.7. The number of anilines is 1. The topological polar surface area (TPSA) is 401 Å². The average Bonchev–Trinajstić information content (AvgIpc) is 3.74. The standard InChI is InChI=1S/C31H43IN7O19P3S/c1-31(2,25(43)28(44)35-8-7-21(41)34-9-10-62-20(30(45)46)11-18(40)16-5-3-4-6-17(16)32)13-55-61(52,53)58-60(50,51)54-12-19-24(57-59(47,48)49)23(42)29(56-19)39-15-38-22-26(33)36-14-37-27(22)39/h3-6,14-15,19-20,23-25,29,42-43H,7-13H2,1-2H3,(H,34,41)(H,35,44)(H,45,46)(H,50,51)(H,52,53)(H2,33,36,37)(H2,47,48,49)/t19-,20?,23-,24-,25+,29-/m1/s1. The number of thioether (sulfide) groups is 1. The lowest BCUT2D eigenvalue weighted by Gasteiger charge is -2.30. The summed E-state index contributed by atoms with van der Waals surface area (Å²) in [5.41, 5.74) is 4.60. The van der Waals surface area contributed by atoms with Crippen LogP contribution in [0.3, 0.4) is 0 Å². The van der Waals surface area contributed by atoms with E-state index in [1.165, 1.54) is 13.8 Å². The van der Waals surface area contributed by atoms with Gasteiger partial charge in [0.1, 0.15) is 41.5 Å². The van der Waals surface area contributed by atoms with Crippen molar-refractivity contribution in [3.05, 3.63) is 46.1 Å². The number of ether oxygens (including phenoxy) is 1. The summed E-state index contributed by atoms with van der Waals surface area (Å²) in [6, 6.07) is 6.75. The van der Waals surface area contributed by atoms with Gasteiger partial charge in [0.2, 0.25) is 11.8 Å². The first-order valence-electron chi connectivity index (χ1n) is 17.8.